The number of carbonyl (C=O) groups excluding carboxylic acids is 1. The van der Waals surface area contributed by atoms with Gasteiger partial charge >= 0.3 is 0 Å². The molecule has 1 heterocycles. The first-order chi connectivity index (χ1) is 9.92. The van der Waals surface area contributed by atoms with E-state index < -0.39 is 0 Å². The zero-order chi connectivity index (χ0) is 15.6. The molecule has 1 N–H and O–H groups in total. The highest BCUT2D eigenvalue weighted by Gasteiger charge is 2.16. The number of benzene rings is 1. The Hall–Kier alpha value is -1.75. The summed E-state index contributed by atoms with van der Waals surface area (Å²) in [4.78, 5) is 12.3. The molecule has 0 fully saturated rings. The third-order valence-corrected chi connectivity index (χ3v) is 3.93. The van der Waals surface area contributed by atoms with Gasteiger partial charge in [-0.2, -0.15) is 0 Å². The molecule has 5 heteroatoms. The summed E-state index contributed by atoms with van der Waals surface area (Å²) in [5.74, 6) is 2.23. The molecule has 2 rings (SSSR count). The van der Waals surface area contributed by atoms with Gasteiger partial charge in [-0.3, -0.25) is 4.79 Å². The van der Waals surface area contributed by atoms with Gasteiger partial charge in [0.05, 0.1) is 17.6 Å². The second-order valence-electron chi connectivity index (χ2n) is 4.91. The largest absolute Gasteiger partial charge is 0.496 e. The van der Waals surface area contributed by atoms with Gasteiger partial charge in [-0.25, -0.2) is 0 Å². The van der Waals surface area contributed by atoms with Gasteiger partial charge in [0.1, 0.15) is 17.3 Å². The van der Waals surface area contributed by atoms with E-state index in [-0.39, 0.29) is 11.9 Å². The summed E-state index contributed by atoms with van der Waals surface area (Å²) in [6.45, 7) is 5.73. The number of aryl methyl sites for hydroxylation is 2. The third-order valence-electron chi connectivity index (χ3n) is 3.31. The summed E-state index contributed by atoms with van der Waals surface area (Å²) >= 11 is 3.38. The highest BCUT2D eigenvalue weighted by atomic mass is 79.9. The second-order valence-corrected chi connectivity index (χ2v) is 5.77. The maximum absolute atomic E-state index is 12.3. The summed E-state index contributed by atoms with van der Waals surface area (Å²) in [7, 11) is 1.59. The average Bonchev–Trinajstić information content (AvgIpc) is 2.77. The van der Waals surface area contributed by atoms with Crippen LogP contribution in [0.4, 0.5) is 0 Å². The fraction of sp³-hybridized carbons (Fsp3) is 0.312. The molecule has 0 aliphatic carbocycles. The number of furan rings is 1. The first kappa shape index (κ1) is 15.6. The van der Waals surface area contributed by atoms with Crippen molar-refractivity contribution >= 4 is 21.8 Å². The monoisotopic (exact) mass is 351 g/mol. The molecule has 1 amide bonds. The van der Waals surface area contributed by atoms with E-state index in [1.165, 1.54) is 0 Å². The number of carbonyl (C=O) groups is 1. The molecule has 1 aromatic heterocycles. The van der Waals surface area contributed by atoms with Gasteiger partial charge in [0, 0.05) is 11.1 Å². The lowest BCUT2D eigenvalue weighted by molar-refractivity contribution is 0.0939. The number of hydrogen-bond acceptors (Lipinski definition) is 3. The number of nitrogens with one attached hydrogen (secondary N) is 1. The van der Waals surface area contributed by atoms with Gasteiger partial charge in [0.15, 0.2) is 0 Å². The minimum absolute atomic E-state index is 0.115. The number of rotatable bonds is 4. The van der Waals surface area contributed by atoms with Crippen LogP contribution in [0.15, 0.2) is 33.2 Å². The molecule has 21 heavy (non-hydrogen) atoms. The predicted octanol–water partition coefficient (Wildman–Crippen LogP) is 4.16. The number of amides is 1. The van der Waals surface area contributed by atoms with Crippen LogP contribution in [0.3, 0.4) is 0 Å². The normalized spacial score (nSPS) is 12.0. The standard InChI is InChI=1S/C16H18BrNO3/c1-9-7-13(11(3)21-9)10(2)18-16(19)12-5-6-15(20-4)14(17)8-12/h5-8,10H,1-4H3,(H,18,19). The highest BCUT2D eigenvalue weighted by Crippen LogP contribution is 2.26. The molecule has 0 bridgehead atoms. The van der Waals surface area contributed by atoms with Gasteiger partial charge in [0.25, 0.3) is 5.91 Å². The quantitative estimate of drug-likeness (QED) is 0.899. The van der Waals surface area contributed by atoms with Gasteiger partial charge in [-0.15, -0.1) is 0 Å². The Kier molecular flexibility index (Phi) is 4.73. The Bertz CT molecular complexity index is 664. The molecular formula is C16H18BrNO3. The van der Waals surface area contributed by atoms with Crippen molar-refractivity contribution in [1.29, 1.82) is 0 Å². The van der Waals surface area contributed by atoms with Crippen LogP contribution in [0.2, 0.25) is 0 Å². The van der Waals surface area contributed by atoms with Crippen LogP contribution in [0.25, 0.3) is 0 Å². The van der Waals surface area contributed by atoms with Gasteiger partial charge in [-0.1, -0.05) is 0 Å². The van der Waals surface area contributed by atoms with Crippen LogP contribution in [-0.4, -0.2) is 13.0 Å². The first-order valence-electron chi connectivity index (χ1n) is 6.63. The Morgan fingerprint density at radius 2 is 2.05 bits per heavy atom. The highest BCUT2D eigenvalue weighted by molar-refractivity contribution is 9.10. The van der Waals surface area contributed by atoms with Crippen molar-refractivity contribution in [3.63, 3.8) is 0 Å². The Labute approximate surface area is 132 Å². The van der Waals surface area contributed by atoms with Crippen LogP contribution in [-0.2, 0) is 0 Å². The molecule has 0 spiro atoms. The van der Waals surface area contributed by atoms with Crippen LogP contribution in [0.1, 0.15) is 40.4 Å². The summed E-state index contributed by atoms with van der Waals surface area (Å²) < 4.78 is 11.4. The molecule has 4 nitrogen and oxygen atoms in total. The van der Waals surface area contributed by atoms with Crippen molar-refractivity contribution in [3.8, 4) is 5.75 Å². The molecule has 0 saturated heterocycles. The zero-order valence-corrected chi connectivity index (χ0v) is 14.1. The summed E-state index contributed by atoms with van der Waals surface area (Å²) in [6.07, 6.45) is 0. The van der Waals surface area contributed by atoms with E-state index in [1.807, 2.05) is 26.8 Å². The van der Waals surface area contributed by atoms with Crippen molar-refractivity contribution in [2.24, 2.45) is 0 Å². The Morgan fingerprint density at radius 1 is 1.33 bits per heavy atom. The maximum Gasteiger partial charge on any atom is 0.251 e. The minimum atomic E-state index is -0.135. The molecule has 0 aliphatic heterocycles. The summed E-state index contributed by atoms with van der Waals surface area (Å²) in [5, 5.41) is 2.97. The first-order valence-corrected chi connectivity index (χ1v) is 7.43. The lowest BCUT2D eigenvalue weighted by atomic mass is 10.1. The van der Waals surface area contributed by atoms with Crippen molar-refractivity contribution in [2.45, 2.75) is 26.8 Å². The van der Waals surface area contributed by atoms with Crippen LogP contribution in [0, 0.1) is 13.8 Å². The Balaban J connectivity index is 2.14. The molecule has 1 atom stereocenters. The zero-order valence-electron chi connectivity index (χ0n) is 12.5. The van der Waals surface area contributed by atoms with Gasteiger partial charge in [0.2, 0.25) is 0 Å². The van der Waals surface area contributed by atoms with Crippen molar-refractivity contribution in [3.05, 3.63) is 51.4 Å². The fourth-order valence-electron chi connectivity index (χ4n) is 2.25. The molecule has 112 valence electrons. The number of ether oxygens (including phenoxy) is 1. The molecule has 1 unspecified atom stereocenters. The summed E-state index contributed by atoms with van der Waals surface area (Å²) in [6, 6.07) is 7.07. The third kappa shape index (κ3) is 3.47. The Morgan fingerprint density at radius 3 is 2.57 bits per heavy atom. The molecular weight excluding hydrogens is 334 g/mol. The van der Waals surface area contributed by atoms with E-state index in [4.69, 9.17) is 9.15 Å². The van der Waals surface area contributed by atoms with E-state index in [1.54, 1.807) is 25.3 Å². The molecule has 2 aromatic rings. The molecule has 1 aromatic carbocycles. The SMILES string of the molecule is COc1ccc(C(=O)NC(C)c2cc(C)oc2C)cc1Br. The van der Waals surface area contributed by atoms with Crippen LogP contribution >= 0.6 is 15.9 Å². The smallest absolute Gasteiger partial charge is 0.251 e. The lowest BCUT2D eigenvalue weighted by Gasteiger charge is -2.14. The van der Waals surface area contributed by atoms with Gasteiger partial charge in [-0.05, 0) is 61.0 Å². The topological polar surface area (TPSA) is 51.5 Å². The molecule has 0 saturated carbocycles. The minimum Gasteiger partial charge on any atom is -0.496 e. The van der Waals surface area contributed by atoms with Crippen LogP contribution in [0.5, 0.6) is 5.75 Å². The number of methoxy groups -OCH3 is 1. The van der Waals surface area contributed by atoms with E-state index in [9.17, 15) is 4.79 Å². The van der Waals surface area contributed by atoms with E-state index in [0.717, 1.165) is 21.6 Å². The van der Waals surface area contributed by atoms with Crippen molar-refractivity contribution < 1.29 is 13.9 Å². The van der Waals surface area contributed by atoms with Crippen molar-refractivity contribution in [2.75, 3.05) is 7.11 Å². The van der Waals surface area contributed by atoms with Crippen molar-refractivity contribution in [1.82, 2.24) is 5.32 Å². The second kappa shape index (κ2) is 6.35. The average molecular weight is 352 g/mol. The summed E-state index contributed by atoms with van der Waals surface area (Å²) in [5.41, 5.74) is 1.57. The molecule has 0 radical (unpaired) electrons. The van der Waals surface area contributed by atoms with E-state index in [0.29, 0.717) is 11.3 Å². The molecule has 0 aliphatic rings. The number of halogens is 1. The lowest BCUT2D eigenvalue weighted by Crippen LogP contribution is -2.26. The fourth-order valence-corrected chi connectivity index (χ4v) is 2.79. The predicted molar refractivity (Wildman–Crippen MR) is 84.8 cm³/mol. The number of hydrogen-bond donors (Lipinski definition) is 1. The van der Waals surface area contributed by atoms with E-state index >= 15 is 0 Å². The van der Waals surface area contributed by atoms with Crippen LogP contribution < -0.4 is 10.1 Å². The maximum atomic E-state index is 12.3. The van der Waals surface area contributed by atoms with E-state index in [2.05, 4.69) is 21.2 Å². The van der Waals surface area contributed by atoms with Gasteiger partial charge < -0.3 is 14.5 Å².